The molecule has 0 aliphatic heterocycles. The van der Waals surface area contributed by atoms with Crippen LogP contribution in [0.4, 0.5) is 11.4 Å². The minimum Gasteiger partial charge on any atom is -0.397 e. The average Bonchev–Trinajstić information content (AvgIpc) is 2.29. The zero-order valence-electron chi connectivity index (χ0n) is 10.1. The third kappa shape index (κ3) is 4.45. The molecule has 0 aliphatic rings. The lowest BCUT2D eigenvalue weighted by Crippen LogP contribution is -2.18. The molecule has 0 heterocycles. The molecule has 0 spiro atoms. The van der Waals surface area contributed by atoms with E-state index in [1.165, 1.54) is 0 Å². The van der Waals surface area contributed by atoms with E-state index in [4.69, 9.17) is 11.0 Å². The number of nitrogens with two attached hydrogens (primary N) is 1. The van der Waals surface area contributed by atoms with Crippen LogP contribution in [0.5, 0.6) is 0 Å². The topological polar surface area (TPSA) is 78.9 Å². The Morgan fingerprint density at radius 2 is 2.29 bits per heavy atom. The summed E-state index contributed by atoms with van der Waals surface area (Å²) >= 11 is 0. The summed E-state index contributed by atoms with van der Waals surface area (Å²) in [5, 5.41) is 12.0. The molecule has 0 radical (unpaired) electrons. The van der Waals surface area contributed by atoms with Gasteiger partial charge < -0.3 is 11.1 Å². The molecule has 0 fully saturated rings. The van der Waals surface area contributed by atoms with Crippen molar-refractivity contribution in [2.24, 2.45) is 0 Å². The largest absolute Gasteiger partial charge is 0.397 e. The maximum atomic E-state index is 11.0. The van der Waals surface area contributed by atoms with Crippen LogP contribution in [-0.4, -0.2) is 22.3 Å². The summed E-state index contributed by atoms with van der Waals surface area (Å²) in [4.78, 5) is 0. The predicted molar refractivity (Wildman–Crippen MR) is 72.2 cm³/mol. The van der Waals surface area contributed by atoms with Crippen molar-refractivity contribution in [1.29, 1.82) is 5.26 Å². The van der Waals surface area contributed by atoms with E-state index in [2.05, 4.69) is 5.32 Å². The van der Waals surface area contributed by atoms with Crippen molar-refractivity contribution >= 4 is 22.2 Å². The molecule has 92 valence electrons. The van der Waals surface area contributed by atoms with E-state index in [1.54, 1.807) is 24.5 Å². The van der Waals surface area contributed by atoms with Crippen LogP contribution in [-0.2, 0) is 10.8 Å². The second kappa shape index (κ2) is 6.26. The molecule has 3 N–H and O–H groups in total. The molecular weight excluding hydrogens is 234 g/mol. The highest BCUT2D eigenvalue weighted by molar-refractivity contribution is 7.84. The first kappa shape index (κ1) is 13.5. The third-order valence-corrected chi connectivity index (χ3v) is 3.23. The molecule has 2 unspecified atom stereocenters. The lowest BCUT2D eigenvalue weighted by Gasteiger charge is -2.16. The van der Waals surface area contributed by atoms with Gasteiger partial charge in [0.1, 0.15) is 0 Å². The van der Waals surface area contributed by atoms with Crippen LogP contribution in [0.2, 0.25) is 0 Å². The van der Waals surface area contributed by atoms with E-state index in [0.29, 0.717) is 17.0 Å². The molecule has 1 rings (SSSR count). The van der Waals surface area contributed by atoms with Crippen LogP contribution in [0, 0.1) is 11.3 Å². The number of nitrogens with one attached hydrogen (secondary N) is 1. The fraction of sp³-hybridized carbons (Fsp3) is 0.417. The Balaban J connectivity index is 2.62. The van der Waals surface area contributed by atoms with Gasteiger partial charge in [-0.3, -0.25) is 4.21 Å². The molecule has 0 saturated heterocycles. The number of nitrogen functional groups attached to an aromatic ring is 1. The molecule has 17 heavy (non-hydrogen) atoms. The molecule has 0 aliphatic carbocycles. The second-order valence-electron chi connectivity index (χ2n) is 4.03. The molecule has 0 aromatic heterocycles. The van der Waals surface area contributed by atoms with Crippen molar-refractivity contribution in [2.75, 3.05) is 23.1 Å². The van der Waals surface area contributed by atoms with Crippen molar-refractivity contribution in [3.63, 3.8) is 0 Å². The highest BCUT2D eigenvalue weighted by atomic mass is 32.2. The van der Waals surface area contributed by atoms with Crippen LogP contribution in [0.25, 0.3) is 0 Å². The average molecular weight is 251 g/mol. The maximum Gasteiger partial charge on any atom is 0.0992 e. The molecule has 0 amide bonds. The van der Waals surface area contributed by atoms with E-state index >= 15 is 0 Å². The number of benzene rings is 1. The van der Waals surface area contributed by atoms with Gasteiger partial charge in [0.05, 0.1) is 23.0 Å². The van der Waals surface area contributed by atoms with Gasteiger partial charge in [0.25, 0.3) is 0 Å². The first-order valence-electron chi connectivity index (χ1n) is 5.39. The van der Waals surface area contributed by atoms with E-state index in [-0.39, 0.29) is 6.04 Å². The molecule has 1 aromatic carbocycles. The Hall–Kier alpha value is -1.54. The molecule has 1 aromatic rings. The molecule has 4 nitrogen and oxygen atoms in total. The van der Waals surface area contributed by atoms with E-state index < -0.39 is 10.8 Å². The lowest BCUT2D eigenvalue weighted by atomic mass is 10.1. The molecule has 0 saturated carbocycles. The van der Waals surface area contributed by atoms with Crippen LogP contribution >= 0.6 is 0 Å². The van der Waals surface area contributed by atoms with Crippen molar-refractivity contribution in [3.05, 3.63) is 23.8 Å². The fourth-order valence-corrected chi connectivity index (χ4v) is 2.13. The van der Waals surface area contributed by atoms with Gasteiger partial charge >= 0.3 is 0 Å². The van der Waals surface area contributed by atoms with Crippen LogP contribution in [0.15, 0.2) is 18.2 Å². The summed E-state index contributed by atoms with van der Waals surface area (Å²) < 4.78 is 11.0. The monoisotopic (exact) mass is 251 g/mol. The van der Waals surface area contributed by atoms with Gasteiger partial charge in [0.2, 0.25) is 0 Å². The molecule has 5 heteroatoms. The van der Waals surface area contributed by atoms with Gasteiger partial charge in [-0.05, 0) is 31.5 Å². The summed E-state index contributed by atoms with van der Waals surface area (Å²) in [7, 11) is -0.769. The van der Waals surface area contributed by atoms with Gasteiger partial charge in [-0.25, -0.2) is 0 Å². The maximum absolute atomic E-state index is 11.0. The van der Waals surface area contributed by atoms with Crippen molar-refractivity contribution in [1.82, 2.24) is 0 Å². The SMILES string of the molecule is CC(CCS(C)=O)Nc1ccc(C#N)cc1N. The van der Waals surface area contributed by atoms with Gasteiger partial charge in [-0.1, -0.05) is 0 Å². The zero-order chi connectivity index (χ0) is 12.8. The first-order valence-corrected chi connectivity index (χ1v) is 7.12. The minimum absolute atomic E-state index is 0.203. The van der Waals surface area contributed by atoms with Gasteiger partial charge in [0, 0.05) is 28.9 Å². The third-order valence-electron chi connectivity index (χ3n) is 2.42. The number of anilines is 2. The predicted octanol–water partition coefficient (Wildman–Crippen LogP) is 1.71. The van der Waals surface area contributed by atoms with Crippen molar-refractivity contribution < 1.29 is 4.21 Å². The summed E-state index contributed by atoms with van der Waals surface area (Å²) in [5.74, 6) is 0.671. The Morgan fingerprint density at radius 3 is 2.82 bits per heavy atom. The van der Waals surface area contributed by atoms with Gasteiger partial charge in [0.15, 0.2) is 0 Å². The van der Waals surface area contributed by atoms with E-state index in [9.17, 15) is 4.21 Å². The standard InChI is InChI=1S/C12H17N3OS/c1-9(5-6-17(2)16)15-12-4-3-10(8-13)7-11(12)14/h3-4,7,9,15H,5-6,14H2,1-2H3. The van der Waals surface area contributed by atoms with E-state index in [1.807, 2.05) is 13.0 Å². The summed E-state index contributed by atoms with van der Waals surface area (Å²) in [5.41, 5.74) is 7.76. The first-order chi connectivity index (χ1) is 8.02. The van der Waals surface area contributed by atoms with E-state index in [0.717, 1.165) is 12.1 Å². The number of nitrogens with zero attached hydrogens (tertiary/aromatic N) is 1. The quantitative estimate of drug-likeness (QED) is 0.781. The molecule has 2 atom stereocenters. The van der Waals surface area contributed by atoms with Crippen molar-refractivity contribution in [2.45, 2.75) is 19.4 Å². The van der Waals surface area contributed by atoms with Crippen LogP contribution < -0.4 is 11.1 Å². The van der Waals surface area contributed by atoms with Crippen LogP contribution in [0.1, 0.15) is 18.9 Å². The number of hydrogen-bond acceptors (Lipinski definition) is 4. The highest BCUT2D eigenvalue weighted by Gasteiger charge is 2.06. The number of rotatable bonds is 5. The normalized spacial score (nSPS) is 13.7. The Kier molecular flexibility index (Phi) is 4.98. The van der Waals surface area contributed by atoms with Gasteiger partial charge in [-0.2, -0.15) is 5.26 Å². The number of nitriles is 1. The Morgan fingerprint density at radius 1 is 1.59 bits per heavy atom. The highest BCUT2D eigenvalue weighted by Crippen LogP contribution is 2.20. The summed E-state index contributed by atoms with van der Waals surface area (Å²) in [6.07, 6.45) is 2.52. The Bertz CT molecular complexity index is 454. The molecule has 0 bridgehead atoms. The summed E-state index contributed by atoms with van der Waals surface area (Å²) in [6, 6.07) is 7.41. The minimum atomic E-state index is -0.769. The van der Waals surface area contributed by atoms with Crippen molar-refractivity contribution in [3.8, 4) is 6.07 Å². The smallest absolute Gasteiger partial charge is 0.0992 e. The van der Waals surface area contributed by atoms with Gasteiger partial charge in [-0.15, -0.1) is 0 Å². The zero-order valence-corrected chi connectivity index (χ0v) is 10.9. The number of hydrogen-bond donors (Lipinski definition) is 2. The fourth-order valence-electron chi connectivity index (χ4n) is 1.44. The second-order valence-corrected chi connectivity index (χ2v) is 5.58. The Labute approximate surface area is 104 Å². The molecular formula is C12H17N3OS. The van der Waals surface area contributed by atoms with Crippen LogP contribution in [0.3, 0.4) is 0 Å². The summed E-state index contributed by atoms with van der Waals surface area (Å²) in [6.45, 7) is 2.02. The lowest BCUT2D eigenvalue weighted by molar-refractivity contribution is 0.678.